The zero-order valence-corrected chi connectivity index (χ0v) is 11.4. The van der Waals surface area contributed by atoms with Gasteiger partial charge >= 0.3 is 5.97 Å². The maximum absolute atomic E-state index is 11.9. The van der Waals surface area contributed by atoms with Gasteiger partial charge in [0.1, 0.15) is 12.1 Å². The van der Waals surface area contributed by atoms with E-state index in [1.165, 1.54) is 18.3 Å². The molecule has 0 atom stereocenters. The van der Waals surface area contributed by atoms with E-state index >= 15 is 0 Å². The van der Waals surface area contributed by atoms with Crippen LogP contribution in [0.5, 0.6) is 0 Å². The van der Waals surface area contributed by atoms with Gasteiger partial charge in [-0.3, -0.25) is 9.59 Å². The molecule has 0 saturated heterocycles. The van der Waals surface area contributed by atoms with Crippen LogP contribution in [0.1, 0.15) is 15.9 Å². The Morgan fingerprint density at radius 3 is 2.57 bits per heavy atom. The van der Waals surface area contributed by atoms with Crippen LogP contribution >= 0.6 is 0 Å². The van der Waals surface area contributed by atoms with E-state index in [4.69, 9.17) is 5.11 Å². The SMILES string of the molecule is Cc1ccccc1NC(=O)Cn1cccc(C(=O)O)c1=O. The summed E-state index contributed by atoms with van der Waals surface area (Å²) in [6.45, 7) is 1.61. The number of hydrogen-bond donors (Lipinski definition) is 2. The Kier molecular flexibility index (Phi) is 4.18. The highest BCUT2D eigenvalue weighted by molar-refractivity contribution is 5.91. The number of para-hydroxylation sites is 1. The molecule has 0 aliphatic heterocycles. The van der Waals surface area contributed by atoms with Crippen LogP contribution in [-0.4, -0.2) is 21.6 Å². The normalized spacial score (nSPS) is 10.1. The first-order valence-corrected chi connectivity index (χ1v) is 6.27. The van der Waals surface area contributed by atoms with E-state index in [-0.39, 0.29) is 12.1 Å². The highest BCUT2D eigenvalue weighted by Crippen LogP contribution is 2.12. The molecule has 2 aromatic rings. The third kappa shape index (κ3) is 3.36. The van der Waals surface area contributed by atoms with Crippen LogP contribution in [0.2, 0.25) is 0 Å². The standard InChI is InChI=1S/C15H14N2O4/c1-10-5-2-3-7-12(10)16-13(18)9-17-8-4-6-11(14(17)19)15(20)21/h2-8H,9H2,1H3,(H,16,18)(H,20,21). The second-order valence-corrected chi connectivity index (χ2v) is 4.52. The molecule has 6 nitrogen and oxygen atoms in total. The molecule has 1 aromatic carbocycles. The van der Waals surface area contributed by atoms with Crippen LogP contribution in [0.25, 0.3) is 0 Å². The van der Waals surface area contributed by atoms with Crippen molar-refractivity contribution in [1.82, 2.24) is 4.57 Å². The fourth-order valence-corrected chi connectivity index (χ4v) is 1.88. The number of carboxylic acid groups (broad SMARTS) is 1. The predicted molar refractivity (Wildman–Crippen MR) is 77.5 cm³/mol. The van der Waals surface area contributed by atoms with Gasteiger partial charge < -0.3 is 15.0 Å². The lowest BCUT2D eigenvalue weighted by atomic mass is 10.2. The summed E-state index contributed by atoms with van der Waals surface area (Å²) in [6, 6.07) is 9.88. The second kappa shape index (κ2) is 6.04. The number of carbonyl (C=O) groups is 2. The number of anilines is 1. The molecule has 108 valence electrons. The van der Waals surface area contributed by atoms with Crippen molar-refractivity contribution in [3.05, 3.63) is 64.1 Å². The third-order valence-electron chi connectivity index (χ3n) is 2.98. The average Bonchev–Trinajstić information content (AvgIpc) is 2.43. The Hall–Kier alpha value is -2.89. The molecular weight excluding hydrogens is 272 g/mol. The van der Waals surface area contributed by atoms with E-state index in [9.17, 15) is 14.4 Å². The number of nitrogens with zero attached hydrogens (tertiary/aromatic N) is 1. The largest absolute Gasteiger partial charge is 0.477 e. The van der Waals surface area contributed by atoms with E-state index in [0.717, 1.165) is 10.1 Å². The van der Waals surface area contributed by atoms with Crippen molar-refractivity contribution in [1.29, 1.82) is 0 Å². The number of amides is 1. The van der Waals surface area contributed by atoms with Gasteiger partial charge in [0.2, 0.25) is 5.91 Å². The summed E-state index contributed by atoms with van der Waals surface area (Å²) in [5.74, 6) is -1.71. The van der Waals surface area contributed by atoms with Gasteiger partial charge in [0, 0.05) is 11.9 Å². The second-order valence-electron chi connectivity index (χ2n) is 4.52. The maximum Gasteiger partial charge on any atom is 0.341 e. The van der Waals surface area contributed by atoms with Gasteiger partial charge in [-0.25, -0.2) is 4.79 Å². The number of aryl methyl sites for hydroxylation is 1. The quantitative estimate of drug-likeness (QED) is 0.891. The smallest absolute Gasteiger partial charge is 0.341 e. The molecule has 0 radical (unpaired) electrons. The van der Waals surface area contributed by atoms with E-state index in [1.54, 1.807) is 12.1 Å². The molecule has 0 unspecified atom stereocenters. The molecule has 0 bridgehead atoms. The lowest BCUT2D eigenvalue weighted by molar-refractivity contribution is -0.116. The predicted octanol–water partition coefficient (Wildman–Crippen LogP) is 1.49. The maximum atomic E-state index is 11.9. The van der Waals surface area contributed by atoms with Gasteiger partial charge in [-0.2, -0.15) is 0 Å². The zero-order chi connectivity index (χ0) is 15.4. The fourth-order valence-electron chi connectivity index (χ4n) is 1.88. The van der Waals surface area contributed by atoms with Gasteiger partial charge in [-0.1, -0.05) is 18.2 Å². The van der Waals surface area contributed by atoms with Gasteiger partial charge in [-0.05, 0) is 30.7 Å². The van der Waals surface area contributed by atoms with Crippen LogP contribution in [0.4, 0.5) is 5.69 Å². The molecule has 0 saturated carbocycles. The van der Waals surface area contributed by atoms with Crippen LogP contribution in [0.15, 0.2) is 47.4 Å². The van der Waals surface area contributed by atoms with Crippen molar-refractivity contribution in [2.24, 2.45) is 0 Å². The van der Waals surface area contributed by atoms with E-state index in [0.29, 0.717) is 5.69 Å². The average molecular weight is 286 g/mol. The first-order chi connectivity index (χ1) is 9.99. The summed E-state index contributed by atoms with van der Waals surface area (Å²) in [6.07, 6.45) is 1.38. The summed E-state index contributed by atoms with van der Waals surface area (Å²) >= 11 is 0. The molecule has 1 heterocycles. The zero-order valence-electron chi connectivity index (χ0n) is 11.4. The molecular formula is C15H14N2O4. The summed E-state index contributed by atoms with van der Waals surface area (Å²) in [7, 11) is 0. The molecule has 0 aliphatic carbocycles. The van der Waals surface area contributed by atoms with Gasteiger partial charge in [0.15, 0.2) is 0 Å². The van der Waals surface area contributed by atoms with Crippen LogP contribution < -0.4 is 10.9 Å². The minimum Gasteiger partial charge on any atom is -0.477 e. The van der Waals surface area contributed by atoms with E-state index in [2.05, 4.69) is 5.32 Å². The summed E-state index contributed by atoms with van der Waals surface area (Å²) < 4.78 is 1.07. The molecule has 0 aliphatic rings. The Morgan fingerprint density at radius 2 is 1.90 bits per heavy atom. The highest BCUT2D eigenvalue weighted by Gasteiger charge is 2.12. The molecule has 2 rings (SSSR count). The minimum atomic E-state index is -1.31. The lowest BCUT2D eigenvalue weighted by Crippen LogP contribution is -2.30. The Morgan fingerprint density at radius 1 is 1.19 bits per heavy atom. The van der Waals surface area contributed by atoms with Crippen LogP contribution in [-0.2, 0) is 11.3 Å². The Balaban J connectivity index is 2.18. The molecule has 1 amide bonds. The van der Waals surface area contributed by atoms with Gasteiger partial charge in [0.25, 0.3) is 5.56 Å². The molecule has 0 fully saturated rings. The molecule has 21 heavy (non-hydrogen) atoms. The summed E-state index contributed by atoms with van der Waals surface area (Å²) in [4.78, 5) is 34.7. The van der Waals surface area contributed by atoms with Crippen LogP contribution in [0.3, 0.4) is 0 Å². The van der Waals surface area contributed by atoms with Crippen molar-refractivity contribution in [2.75, 3.05) is 5.32 Å². The summed E-state index contributed by atoms with van der Waals surface area (Å²) in [5, 5.41) is 11.6. The fraction of sp³-hybridized carbons (Fsp3) is 0.133. The van der Waals surface area contributed by atoms with Crippen molar-refractivity contribution < 1.29 is 14.7 Å². The van der Waals surface area contributed by atoms with E-state index < -0.39 is 17.4 Å². The monoisotopic (exact) mass is 286 g/mol. The first kappa shape index (κ1) is 14.5. The van der Waals surface area contributed by atoms with Crippen molar-refractivity contribution in [2.45, 2.75) is 13.5 Å². The number of nitrogens with one attached hydrogen (secondary N) is 1. The number of rotatable bonds is 4. The molecule has 0 spiro atoms. The number of pyridine rings is 1. The third-order valence-corrected chi connectivity index (χ3v) is 2.98. The van der Waals surface area contributed by atoms with Gasteiger partial charge in [0.05, 0.1) is 0 Å². The number of hydrogen-bond acceptors (Lipinski definition) is 3. The number of aromatic carboxylic acids is 1. The number of aromatic nitrogens is 1. The number of carboxylic acids is 1. The van der Waals surface area contributed by atoms with Crippen molar-refractivity contribution >= 4 is 17.6 Å². The number of carbonyl (C=O) groups excluding carboxylic acids is 1. The molecule has 1 aromatic heterocycles. The topological polar surface area (TPSA) is 88.4 Å². The van der Waals surface area contributed by atoms with E-state index in [1.807, 2.05) is 19.1 Å². The Bertz CT molecular complexity index is 749. The van der Waals surface area contributed by atoms with Crippen molar-refractivity contribution in [3.8, 4) is 0 Å². The lowest BCUT2D eigenvalue weighted by Gasteiger charge is -2.09. The number of benzene rings is 1. The van der Waals surface area contributed by atoms with Gasteiger partial charge in [-0.15, -0.1) is 0 Å². The summed E-state index contributed by atoms with van der Waals surface area (Å²) in [5.41, 5.74) is 0.494. The Labute approximate surface area is 120 Å². The minimum absolute atomic E-state index is 0.242. The first-order valence-electron chi connectivity index (χ1n) is 6.27. The van der Waals surface area contributed by atoms with Crippen molar-refractivity contribution in [3.63, 3.8) is 0 Å². The molecule has 6 heteroatoms. The van der Waals surface area contributed by atoms with Crippen LogP contribution in [0, 0.1) is 6.92 Å². The highest BCUT2D eigenvalue weighted by atomic mass is 16.4. The molecule has 2 N–H and O–H groups in total.